The van der Waals surface area contributed by atoms with Gasteiger partial charge in [0, 0.05) is 12.5 Å². The molecule has 1 aliphatic carbocycles. The summed E-state index contributed by atoms with van der Waals surface area (Å²) in [4.78, 5) is 14.7. The molecule has 0 aliphatic heterocycles. The Kier molecular flexibility index (Phi) is 12.6. The van der Waals surface area contributed by atoms with Gasteiger partial charge in [-0.15, -0.1) is 0 Å². The first-order chi connectivity index (χ1) is 25.6. The molecule has 296 valence electrons. The molecule has 0 bridgehead atoms. The Morgan fingerprint density at radius 1 is 0.509 bits per heavy atom. The van der Waals surface area contributed by atoms with Crippen LogP contribution in [0.15, 0.2) is 97.1 Å². The number of carbonyl (C=O) groups is 1. The minimum absolute atomic E-state index is 0.0267. The third-order valence-electron chi connectivity index (χ3n) is 11.8. The summed E-state index contributed by atoms with van der Waals surface area (Å²) in [6, 6.07) is 33.1. The van der Waals surface area contributed by atoms with Gasteiger partial charge in [0.05, 0.1) is 18.0 Å². The SMILES string of the molecule is CC(C)(C)c1ccc(C(CN(O)[C@@H]2CCCCC2N(O)C(=O)C(c2ccc(C(C)(C)C)cc2)c2ccc(C(C)(C)C)cc2)c2ccc(C(C)(C)C)cc2)cc1. The molecule has 0 spiro atoms. The van der Waals surface area contributed by atoms with Crippen LogP contribution in [-0.2, 0) is 26.5 Å². The van der Waals surface area contributed by atoms with Crippen LogP contribution in [0.2, 0.25) is 0 Å². The molecule has 2 N–H and O–H groups in total. The highest BCUT2D eigenvalue weighted by atomic mass is 16.5. The number of carbonyl (C=O) groups excluding carboxylic acids is 1. The number of rotatable bonds is 9. The first-order valence-corrected chi connectivity index (χ1v) is 20.4. The van der Waals surface area contributed by atoms with Crippen LogP contribution < -0.4 is 0 Å². The molecule has 0 aromatic heterocycles. The van der Waals surface area contributed by atoms with Gasteiger partial charge in [0.2, 0.25) is 0 Å². The average molecular weight is 745 g/mol. The predicted molar refractivity (Wildman–Crippen MR) is 227 cm³/mol. The van der Waals surface area contributed by atoms with E-state index in [1.54, 1.807) is 0 Å². The van der Waals surface area contributed by atoms with Gasteiger partial charge < -0.3 is 5.21 Å². The molecule has 1 saturated carbocycles. The molecule has 0 radical (unpaired) electrons. The van der Waals surface area contributed by atoms with Crippen LogP contribution in [0.1, 0.15) is 165 Å². The Morgan fingerprint density at radius 2 is 0.800 bits per heavy atom. The normalized spacial score (nSPS) is 17.3. The molecule has 5 rings (SSSR count). The van der Waals surface area contributed by atoms with E-state index in [-0.39, 0.29) is 33.5 Å². The Labute approximate surface area is 332 Å². The Morgan fingerprint density at radius 3 is 1.11 bits per heavy atom. The van der Waals surface area contributed by atoms with Crippen molar-refractivity contribution in [3.8, 4) is 0 Å². The van der Waals surface area contributed by atoms with Crippen molar-refractivity contribution >= 4 is 5.91 Å². The van der Waals surface area contributed by atoms with Crippen molar-refractivity contribution in [3.63, 3.8) is 0 Å². The van der Waals surface area contributed by atoms with Gasteiger partial charge in [0.1, 0.15) is 0 Å². The van der Waals surface area contributed by atoms with Crippen LogP contribution in [0, 0.1) is 0 Å². The second kappa shape index (κ2) is 16.4. The average Bonchev–Trinajstić information content (AvgIpc) is 3.12. The minimum atomic E-state index is -0.696. The maximum absolute atomic E-state index is 14.7. The fourth-order valence-corrected chi connectivity index (χ4v) is 8.01. The fourth-order valence-electron chi connectivity index (χ4n) is 8.01. The zero-order valence-electron chi connectivity index (χ0n) is 35.8. The van der Waals surface area contributed by atoms with Crippen LogP contribution in [0.25, 0.3) is 0 Å². The molecule has 0 saturated heterocycles. The number of hydroxylamine groups is 4. The molecular weight excluding hydrogens is 677 g/mol. The summed E-state index contributed by atoms with van der Waals surface area (Å²) in [5.74, 6) is -1.18. The van der Waals surface area contributed by atoms with E-state index in [0.717, 1.165) is 40.2 Å². The molecule has 55 heavy (non-hydrogen) atoms. The van der Waals surface area contributed by atoms with Crippen molar-refractivity contribution in [2.75, 3.05) is 6.54 Å². The van der Waals surface area contributed by atoms with Crippen molar-refractivity contribution in [2.45, 2.75) is 154 Å². The molecule has 1 unspecified atom stereocenters. The second-order valence-corrected chi connectivity index (χ2v) is 20.2. The third-order valence-corrected chi connectivity index (χ3v) is 11.8. The van der Waals surface area contributed by atoms with Crippen molar-refractivity contribution in [3.05, 3.63) is 142 Å². The lowest BCUT2D eigenvalue weighted by Crippen LogP contribution is -2.54. The molecule has 1 aliphatic rings. The van der Waals surface area contributed by atoms with Crippen LogP contribution in [0.5, 0.6) is 0 Å². The lowest BCUT2D eigenvalue weighted by Gasteiger charge is -2.41. The maximum atomic E-state index is 14.7. The van der Waals surface area contributed by atoms with Gasteiger partial charge in [-0.1, -0.05) is 193 Å². The van der Waals surface area contributed by atoms with E-state index in [0.29, 0.717) is 19.4 Å². The summed E-state index contributed by atoms with van der Waals surface area (Å²) >= 11 is 0. The van der Waals surface area contributed by atoms with Crippen molar-refractivity contribution in [1.29, 1.82) is 0 Å². The van der Waals surface area contributed by atoms with Crippen LogP contribution >= 0.6 is 0 Å². The van der Waals surface area contributed by atoms with E-state index in [9.17, 15) is 15.2 Å². The van der Waals surface area contributed by atoms with Crippen LogP contribution in [0.4, 0.5) is 0 Å². The predicted octanol–water partition coefficient (Wildman–Crippen LogP) is 12.1. The number of nitrogens with zero attached hydrogens (tertiary/aromatic N) is 2. The number of hydrogen-bond acceptors (Lipinski definition) is 4. The fraction of sp³-hybridized carbons (Fsp3) is 0.500. The highest BCUT2D eigenvalue weighted by Crippen LogP contribution is 2.36. The summed E-state index contributed by atoms with van der Waals surface area (Å²) in [7, 11) is 0. The summed E-state index contributed by atoms with van der Waals surface area (Å²) in [5.41, 5.74) is 8.81. The van der Waals surface area contributed by atoms with Crippen LogP contribution in [0.3, 0.4) is 0 Å². The Hall–Kier alpha value is -3.77. The van der Waals surface area contributed by atoms with E-state index < -0.39 is 18.0 Å². The van der Waals surface area contributed by atoms with Gasteiger partial charge >= 0.3 is 0 Å². The minimum Gasteiger partial charge on any atom is -0.314 e. The van der Waals surface area contributed by atoms with E-state index in [4.69, 9.17) is 0 Å². The molecular formula is C50H68N2O3. The quantitative estimate of drug-likeness (QED) is 0.132. The van der Waals surface area contributed by atoms with E-state index in [2.05, 4.69) is 156 Å². The lowest BCUT2D eigenvalue weighted by molar-refractivity contribution is -0.211. The molecule has 0 heterocycles. The molecule has 1 amide bonds. The number of benzene rings is 4. The Bertz CT molecular complexity index is 1730. The topological polar surface area (TPSA) is 64.0 Å². The summed E-state index contributed by atoms with van der Waals surface area (Å²) < 4.78 is 0. The van der Waals surface area contributed by atoms with Crippen molar-refractivity contribution in [2.24, 2.45) is 0 Å². The smallest absolute Gasteiger partial charge is 0.258 e. The molecule has 1 fully saturated rings. The zero-order chi connectivity index (χ0) is 40.5. The highest BCUT2D eigenvalue weighted by Gasteiger charge is 2.40. The van der Waals surface area contributed by atoms with Crippen LogP contribution in [-0.4, -0.2) is 45.1 Å². The largest absolute Gasteiger partial charge is 0.314 e. The van der Waals surface area contributed by atoms with E-state index >= 15 is 0 Å². The van der Waals surface area contributed by atoms with Gasteiger partial charge in [0.25, 0.3) is 5.91 Å². The summed E-state index contributed by atoms with van der Waals surface area (Å²) in [6.45, 7) is 26.7. The molecule has 4 aromatic rings. The number of amides is 1. The first kappa shape index (κ1) is 42.4. The third kappa shape index (κ3) is 10.2. The monoisotopic (exact) mass is 745 g/mol. The van der Waals surface area contributed by atoms with Gasteiger partial charge in [-0.3, -0.25) is 10.0 Å². The zero-order valence-corrected chi connectivity index (χ0v) is 35.8. The van der Waals surface area contributed by atoms with Gasteiger partial charge in [-0.25, -0.2) is 5.06 Å². The molecule has 4 aromatic carbocycles. The van der Waals surface area contributed by atoms with Gasteiger partial charge in [0.15, 0.2) is 0 Å². The van der Waals surface area contributed by atoms with Gasteiger partial charge in [-0.2, -0.15) is 5.06 Å². The molecule has 2 atom stereocenters. The van der Waals surface area contributed by atoms with E-state index in [1.165, 1.54) is 27.3 Å². The summed E-state index contributed by atoms with van der Waals surface area (Å²) in [6.07, 6.45) is 3.07. The maximum Gasteiger partial charge on any atom is 0.258 e. The lowest BCUT2D eigenvalue weighted by atomic mass is 9.81. The van der Waals surface area contributed by atoms with Crippen molar-refractivity contribution in [1.82, 2.24) is 10.1 Å². The van der Waals surface area contributed by atoms with Crippen molar-refractivity contribution < 1.29 is 15.2 Å². The highest BCUT2D eigenvalue weighted by molar-refractivity contribution is 5.86. The van der Waals surface area contributed by atoms with Gasteiger partial charge in [-0.05, 0) is 79.0 Å². The molecule has 5 heteroatoms. The molecule has 5 nitrogen and oxygen atoms in total. The first-order valence-electron chi connectivity index (χ1n) is 20.4. The number of hydrogen-bond donors (Lipinski definition) is 2. The second-order valence-electron chi connectivity index (χ2n) is 20.2. The van der Waals surface area contributed by atoms with E-state index in [1.807, 2.05) is 24.3 Å². The Balaban J connectivity index is 1.47. The standard InChI is InChI=1S/C50H68N2O3/c1-47(2,3)38-25-17-34(18-26-38)42(35-19-27-39(28-20-35)48(4,5)6)33-51(54)43-15-13-14-16-44(43)52(55)46(53)45(36-21-29-40(30-22-36)49(7,8)9)37-23-31-41(32-24-37)50(10,11)12/h17-32,42-45,54-55H,13-16,33H2,1-12H3/t43-,44?/m1/s1. The summed E-state index contributed by atoms with van der Waals surface area (Å²) in [5, 5.41) is 26.5.